The molecule has 9 heteroatoms. The summed E-state index contributed by atoms with van der Waals surface area (Å²) in [6, 6.07) is 11.1. The lowest BCUT2D eigenvalue weighted by atomic mass is 10.3. The number of hydrogen-bond acceptors (Lipinski definition) is 5. The molecule has 4 aromatic rings. The van der Waals surface area contributed by atoms with Crippen molar-refractivity contribution in [2.45, 2.75) is 0 Å². The molecule has 3 heterocycles. The highest BCUT2D eigenvalue weighted by Gasteiger charge is 2.11. The number of amides is 1. The number of benzene rings is 1. The summed E-state index contributed by atoms with van der Waals surface area (Å²) in [7, 11) is 2.93. The van der Waals surface area contributed by atoms with Crippen LogP contribution in [0.4, 0.5) is 5.69 Å². The Labute approximate surface area is 170 Å². The number of carbonyl (C=O) groups is 1. The van der Waals surface area contributed by atoms with E-state index in [0.717, 1.165) is 15.8 Å². The smallest absolute Gasteiger partial charge is 0.321 e. The lowest BCUT2D eigenvalue weighted by Gasteiger charge is -2.08. The highest BCUT2D eigenvalue weighted by Crippen LogP contribution is 2.13. The second-order valence-corrected chi connectivity index (χ2v) is 6.68. The van der Waals surface area contributed by atoms with Crippen molar-refractivity contribution in [3.05, 3.63) is 87.5 Å². The molecule has 1 N–H and O–H groups in total. The fraction of sp³-hybridized carbons (Fsp3) is 0.0952. The maximum absolute atomic E-state index is 12.3. The Hall–Kier alpha value is -4.27. The van der Waals surface area contributed by atoms with Gasteiger partial charge in [0.15, 0.2) is 0 Å². The summed E-state index contributed by atoms with van der Waals surface area (Å²) in [5, 5.41) is 7.19. The van der Waals surface area contributed by atoms with Crippen LogP contribution in [0.1, 0.15) is 5.56 Å². The summed E-state index contributed by atoms with van der Waals surface area (Å²) in [5.41, 5.74) is 1.35. The van der Waals surface area contributed by atoms with E-state index in [9.17, 15) is 14.4 Å². The van der Waals surface area contributed by atoms with Gasteiger partial charge in [0, 0.05) is 31.9 Å². The van der Waals surface area contributed by atoms with Crippen LogP contribution in [-0.4, -0.2) is 29.8 Å². The Morgan fingerprint density at radius 2 is 1.83 bits per heavy atom. The monoisotopic (exact) mass is 402 g/mol. The zero-order valence-electron chi connectivity index (χ0n) is 16.3. The molecule has 1 aromatic carbocycles. The molecule has 0 bridgehead atoms. The number of nitrogens with zero attached hydrogens (tertiary/aromatic N) is 5. The van der Waals surface area contributed by atoms with E-state index in [1.807, 2.05) is 30.3 Å². The van der Waals surface area contributed by atoms with E-state index in [2.05, 4.69) is 15.4 Å². The number of hydrogen-bond donors (Lipinski definition) is 1. The third-order valence-electron chi connectivity index (χ3n) is 4.61. The number of anilines is 1. The predicted octanol–water partition coefficient (Wildman–Crippen LogP) is 1.47. The molecule has 0 saturated heterocycles. The molecule has 0 aliphatic rings. The first kappa shape index (κ1) is 19.1. The van der Waals surface area contributed by atoms with Gasteiger partial charge in [0.05, 0.1) is 29.2 Å². The zero-order valence-corrected chi connectivity index (χ0v) is 16.3. The van der Waals surface area contributed by atoms with E-state index < -0.39 is 11.2 Å². The Morgan fingerprint density at radius 1 is 1.07 bits per heavy atom. The SMILES string of the molecule is Cn1c(=O)c2cc(NC(=O)/C=C/c3cnn(-c4ccccc4)c3)cnc2n(C)c1=O. The first-order valence-electron chi connectivity index (χ1n) is 9.09. The molecule has 9 nitrogen and oxygen atoms in total. The Bertz CT molecular complexity index is 1400. The number of aryl methyl sites for hydroxylation is 1. The molecule has 0 unspecified atom stereocenters. The van der Waals surface area contributed by atoms with E-state index in [4.69, 9.17) is 0 Å². The molecule has 150 valence electrons. The molecular formula is C21H18N6O3. The van der Waals surface area contributed by atoms with Gasteiger partial charge in [-0.25, -0.2) is 14.5 Å². The molecule has 1 amide bonds. The number of carbonyl (C=O) groups excluding carboxylic acids is 1. The molecule has 30 heavy (non-hydrogen) atoms. The molecule has 0 aliphatic heterocycles. The fourth-order valence-corrected chi connectivity index (χ4v) is 3.03. The van der Waals surface area contributed by atoms with Crippen LogP contribution in [0.25, 0.3) is 22.8 Å². The van der Waals surface area contributed by atoms with Crippen molar-refractivity contribution in [3.8, 4) is 5.69 Å². The molecule has 4 rings (SSSR count). The molecule has 0 saturated carbocycles. The number of nitrogens with one attached hydrogen (secondary N) is 1. The second kappa shape index (κ2) is 7.63. The van der Waals surface area contributed by atoms with Crippen molar-refractivity contribution in [3.63, 3.8) is 0 Å². The van der Waals surface area contributed by atoms with Gasteiger partial charge in [-0.2, -0.15) is 5.10 Å². The molecule has 0 spiro atoms. The van der Waals surface area contributed by atoms with Gasteiger partial charge in [-0.05, 0) is 24.3 Å². The van der Waals surface area contributed by atoms with Crippen molar-refractivity contribution < 1.29 is 4.79 Å². The van der Waals surface area contributed by atoms with Crippen molar-refractivity contribution >= 4 is 28.7 Å². The van der Waals surface area contributed by atoms with Crippen LogP contribution in [0.5, 0.6) is 0 Å². The fourth-order valence-electron chi connectivity index (χ4n) is 3.03. The van der Waals surface area contributed by atoms with E-state index >= 15 is 0 Å². The van der Waals surface area contributed by atoms with Gasteiger partial charge in [-0.1, -0.05) is 18.2 Å². The lowest BCUT2D eigenvalue weighted by molar-refractivity contribution is -0.111. The van der Waals surface area contributed by atoms with E-state index in [1.165, 1.54) is 37.0 Å². The minimum atomic E-state index is -0.472. The highest BCUT2D eigenvalue weighted by molar-refractivity contribution is 6.02. The minimum Gasteiger partial charge on any atom is -0.321 e. The topological polar surface area (TPSA) is 104 Å². The predicted molar refractivity (Wildman–Crippen MR) is 113 cm³/mol. The summed E-state index contributed by atoms with van der Waals surface area (Å²) < 4.78 is 4.00. The van der Waals surface area contributed by atoms with E-state index in [0.29, 0.717) is 5.69 Å². The summed E-state index contributed by atoms with van der Waals surface area (Å²) >= 11 is 0. The highest BCUT2D eigenvalue weighted by atomic mass is 16.2. The number of para-hydroxylation sites is 1. The summed E-state index contributed by atoms with van der Waals surface area (Å²) in [5.74, 6) is -0.384. The molecule has 0 atom stereocenters. The van der Waals surface area contributed by atoms with Crippen LogP contribution in [-0.2, 0) is 18.9 Å². The summed E-state index contributed by atoms with van der Waals surface area (Å²) in [6.45, 7) is 0. The minimum absolute atomic E-state index is 0.241. The zero-order chi connectivity index (χ0) is 21.3. The van der Waals surface area contributed by atoms with Gasteiger partial charge in [0.25, 0.3) is 5.56 Å². The van der Waals surface area contributed by atoms with Crippen molar-refractivity contribution in [2.75, 3.05) is 5.32 Å². The van der Waals surface area contributed by atoms with Gasteiger partial charge in [-0.3, -0.25) is 18.7 Å². The lowest BCUT2D eigenvalue weighted by Crippen LogP contribution is -2.37. The largest absolute Gasteiger partial charge is 0.332 e. The van der Waals surface area contributed by atoms with Crippen LogP contribution in [0.15, 0.2) is 70.7 Å². The van der Waals surface area contributed by atoms with E-state index in [-0.39, 0.29) is 16.9 Å². The third-order valence-corrected chi connectivity index (χ3v) is 4.61. The Kier molecular flexibility index (Phi) is 4.85. The maximum Gasteiger partial charge on any atom is 0.332 e. The van der Waals surface area contributed by atoms with Crippen molar-refractivity contribution in [1.82, 2.24) is 23.9 Å². The number of fused-ring (bicyclic) bond motifs is 1. The third kappa shape index (κ3) is 3.55. The Balaban J connectivity index is 1.53. The number of rotatable bonds is 4. The van der Waals surface area contributed by atoms with Crippen LogP contribution in [0.2, 0.25) is 0 Å². The van der Waals surface area contributed by atoms with Gasteiger partial charge in [0.2, 0.25) is 5.91 Å². The summed E-state index contributed by atoms with van der Waals surface area (Å²) in [4.78, 5) is 40.8. The van der Waals surface area contributed by atoms with Crippen molar-refractivity contribution in [1.29, 1.82) is 0 Å². The van der Waals surface area contributed by atoms with Crippen LogP contribution in [0, 0.1) is 0 Å². The van der Waals surface area contributed by atoms with Crippen LogP contribution in [0.3, 0.4) is 0 Å². The van der Waals surface area contributed by atoms with Gasteiger partial charge in [0.1, 0.15) is 5.65 Å². The number of aromatic nitrogens is 5. The molecule has 0 aliphatic carbocycles. The first-order chi connectivity index (χ1) is 14.4. The van der Waals surface area contributed by atoms with Gasteiger partial charge in [-0.15, -0.1) is 0 Å². The Morgan fingerprint density at radius 3 is 2.60 bits per heavy atom. The summed E-state index contributed by atoms with van der Waals surface area (Å²) in [6.07, 6.45) is 7.87. The average molecular weight is 402 g/mol. The first-order valence-corrected chi connectivity index (χ1v) is 9.09. The van der Waals surface area contributed by atoms with E-state index in [1.54, 1.807) is 23.2 Å². The van der Waals surface area contributed by atoms with Crippen LogP contribution < -0.4 is 16.6 Å². The second-order valence-electron chi connectivity index (χ2n) is 6.68. The van der Waals surface area contributed by atoms with Crippen LogP contribution >= 0.6 is 0 Å². The average Bonchev–Trinajstić information content (AvgIpc) is 3.24. The molecule has 0 fully saturated rings. The normalized spacial score (nSPS) is 11.3. The van der Waals surface area contributed by atoms with Gasteiger partial charge < -0.3 is 5.32 Å². The molecule has 0 radical (unpaired) electrons. The maximum atomic E-state index is 12.3. The van der Waals surface area contributed by atoms with Gasteiger partial charge >= 0.3 is 5.69 Å². The van der Waals surface area contributed by atoms with Crippen molar-refractivity contribution in [2.24, 2.45) is 14.1 Å². The standard InChI is InChI=1S/C21H18N6O3/c1-25-19-17(20(29)26(2)21(25)30)10-15(12-22-19)24-18(28)9-8-14-11-23-27(13-14)16-6-4-3-5-7-16/h3-13H,1-2H3,(H,24,28)/b9-8+. The number of pyridine rings is 1. The molecule has 3 aromatic heterocycles. The quantitative estimate of drug-likeness (QED) is 0.521. The molecular weight excluding hydrogens is 384 g/mol.